The van der Waals surface area contributed by atoms with E-state index in [-0.39, 0.29) is 49.8 Å². The fourth-order valence-corrected chi connectivity index (χ4v) is 11.6. The van der Waals surface area contributed by atoms with Crippen molar-refractivity contribution in [3.8, 4) is 0 Å². The molecular weight excluding hydrogens is 716 g/mol. The molecule has 12 heteroatoms. The average molecular weight is 760 g/mol. The van der Waals surface area contributed by atoms with Crippen LogP contribution < -0.4 is 10.2 Å². The first-order valence-electron chi connectivity index (χ1n) is 17.3. The molecule has 4 aromatic rings. The Bertz CT molecular complexity index is 1960. The summed E-state index contributed by atoms with van der Waals surface area (Å²) in [7, 11) is -2.97. The van der Waals surface area contributed by atoms with Crippen molar-refractivity contribution in [2.24, 2.45) is 5.92 Å². The number of aliphatic hydroxyl groups excluding tert-OH is 1. The molecule has 262 valence electrons. The van der Waals surface area contributed by atoms with E-state index in [1.54, 1.807) is 9.80 Å². The van der Waals surface area contributed by atoms with Crippen LogP contribution in [0.3, 0.4) is 0 Å². The number of amides is 3. The zero-order chi connectivity index (χ0) is 35.4. The van der Waals surface area contributed by atoms with E-state index in [4.69, 9.17) is 4.74 Å². The van der Waals surface area contributed by atoms with Crippen LogP contribution in [0.4, 0.5) is 11.4 Å². The molecule has 3 amide bonds. The lowest BCUT2D eigenvalue weighted by Crippen LogP contribution is -2.46. The molecule has 3 aromatic carbocycles. The Hall–Kier alpha value is -3.81. The minimum Gasteiger partial charge on any atom is -0.432 e. The highest BCUT2D eigenvalue weighted by atomic mass is 79.9. The molecule has 1 spiro atoms. The lowest BCUT2D eigenvalue weighted by atomic mass is 9.82. The molecule has 0 bridgehead atoms. The lowest BCUT2D eigenvalue weighted by Gasteiger charge is -2.33. The number of hydrogen-bond acceptors (Lipinski definition) is 6. The number of carbonyl (C=O) groups excluding carboxylic acids is 3. The molecule has 0 aliphatic carbocycles. The summed E-state index contributed by atoms with van der Waals surface area (Å²) in [6.45, 7) is 6.37. The number of aromatic amines is 1. The number of nitrogens with zero attached hydrogens (tertiary/aromatic N) is 2. The van der Waals surface area contributed by atoms with Crippen molar-refractivity contribution in [2.45, 2.75) is 75.5 Å². The second-order valence-electron chi connectivity index (χ2n) is 14.5. The minimum absolute atomic E-state index is 0.0289. The first-order chi connectivity index (χ1) is 23.9. The van der Waals surface area contributed by atoms with Gasteiger partial charge in [0.15, 0.2) is 13.9 Å². The predicted octanol–water partition coefficient (Wildman–Crippen LogP) is 5.83. The van der Waals surface area contributed by atoms with Gasteiger partial charge in [-0.15, -0.1) is 0 Å². The molecule has 2 fully saturated rings. The number of benzene rings is 3. The largest absolute Gasteiger partial charge is 0.432 e. The molecule has 5 atom stereocenters. The van der Waals surface area contributed by atoms with E-state index >= 15 is 0 Å². The van der Waals surface area contributed by atoms with Crippen LogP contribution in [0, 0.1) is 5.92 Å². The normalized spacial score (nSPS) is 24.8. The monoisotopic (exact) mass is 758 g/mol. The van der Waals surface area contributed by atoms with Crippen LogP contribution in [0.2, 0.25) is 18.6 Å². The Morgan fingerprint density at radius 1 is 1.12 bits per heavy atom. The highest BCUT2D eigenvalue weighted by Gasteiger charge is 2.66. The Labute approximate surface area is 301 Å². The summed E-state index contributed by atoms with van der Waals surface area (Å²) in [4.78, 5) is 59.9. The van der Waals surface area contributed by atoms with Crippen molar-refractivity contribution in [1.82, 2.24) is 9.88 Å². The molecular formula is C38H43BrN4O6Si. The fraction of sp³-hybridized carbons (Fsp3) is 0.395. The van der Waals surface area contributed by atoms with Crippen LogP contribution in [0.15, 0.2) is 77.4 Å². The first-order valence-corrected chi connectivity index (χ1v) is 21.1. The van der Waals surface area contributed by atoms with Gasteiger partial charge < -0.3 is 34.7 Å². The number of ether oxygens (including phenoxy) is 1. The number of fused-ring (bicyclic) bond motifs is 3. The number of halogens is 1. The number of nitrogens with one attached hydrogen (secondary N) is 2. The van der Waals surface area contributed by atoms with Crippen LogP contribution >= 0.6 is 15.9 Å². The van der Waals surface area contributed by atoms with Gasteiger partial charge in [0.1, 0.15) is 0 Å². The maximum Gasteiger partial charge on any atom is 0.264 e. The van der Waals surface area contributed by atoms with Gasteiger partial charge in [-0.05, 0) is 73.5 Å². The molecule has 4 heterocycles. The van der Waals surface area contributed by atoms with E-state index in [0.29, 0.717) is 23.5 Å². The number of hydrogen-bond donors (Lipinski definition) is 4. The Morgan fingerprint density at radius 3 is 2.70 bits per heavy atom. The van der Waals surface area contributed by atoms with Gasteiger partial charge in [-0.1, -0.05) is 53.2 Å². The van der Waals surface area contributed by atoms with Gasteiger partial charge in [-0.25, -0.2) is 0 Å². The second-order valence-corrected chi connectivity index (χ2v) is 19.4. The Balaban J connectivity index is 1.15. The first kappa shape index (κ1) is 34.6. The summed E-state index contributed by atoms with van der Waals surface area (Å²) in [6.07, 6.45) is 3.02. The van der Waals surface area contributed by atoms with Crippen molar-refractivity contribution in [2.75, 3.05) is 23.4 Å². The number of carbonyl (C=O) groups is 3. The highest BCUT2D eigenvalue weighted by Crippen LogP contribution is 2.60. The molecule has 1 aromatic heterocycles. The summed E-state index contributed by atoms with van der Waals surface area (Å²) in [5.74, 6) is -0.924. The maximum atomic E-state index is 14.8. The average Bonchev–Trinajstić information content (AvgIpc) is 3.83. The molecule has 10 nitrogen and oxygen atoms in total. The third-order valence-electron chi connectivity index (χ3n) is 10.8. The zero-order valence-electron chi connectivity index (χ0n) is 28.5. The van der Waals surface area contributed by atoms with Crippen molar-refractivity contribution < 1.29 is 29.0 Å². The van der Waals surface area contributed by atoms with Gasteiger partial charge in [-0.2, -0.15) is 0 Å². The van der Waals surface area contributed by atoms with E-state index in [1.165, 1.54) is 0 Å². The molecule has 3 aliphatic rings. The standard InChI is InChI=1S/C38H43BrN4O6Si/c1-23-36(50(2,3)48)33(19-35(46)42-15-7-10-28(42)22-44)49-38(23)30-18-26(39)13-14-32(30)43(37(38)47)21-24-8-6-9-27(16-24)41-34(45)17-25-20-40-31-12-5-4-11-29(25)31/h4-6,8-9,11-14,16,18,20,23,28,33,36,40,44,48H,7,10,15,17,19,21-22H2,1-3H3,(H,41,45)/t23-,28+,33+,36-,38+/m1/s1. The molecule has 7 rings (SSSR count). The van der Waals surface area contributed by atoms with Gasteiger partial charge in [0.05, 0.1) is 43.8 Å². The van der Waals surface area contributed by atoms with Crippen LogP contribution in [-0.2, 0) is 37.7 Å². The van der Waals surface area contributed by atoms with E-state index in [9.17, 15) is 24.3 Å². The highest BCUT2D eigenvalue weighted by molar-refractivity contribution is 9.10. The van der Waals surface area contributed by atoms with Crippen LogP contribution in [0.25, 0.3) is 10.9 Å². The predicted molar refractivity (Wildman–Crippen MR) is 198 cm³/mol. The Kier molecular flexibility index (Phi) is 9.27. The van der Waals surface area contributed by atoms with Gasteiger partial charge >= 0.3 is 0 Å². The smallest absolute Gasteiger partial charge is 0.264 e. The SMILES string of the molecule is C[C@@H]1[C@@H]([Si](C)(C)O)[C@H](CC(=O)N2CCC[C@H]2CO)O[C@@]12C(=O)N(Cc1cccc(NC(=O)Cc3c[nH]c4ccccc34)c1)c1ccc(Br)cc12. The van der Waals surface area contributed by atoms with Crippen molar-refractivity contribution >= 4 is 64.2 Å². The van der Waals surface area contributed by atoms with E-state index < -0.39 is 31.5 Å². The van der Waals surface area contributed by atoms with Gasteiger partial charge in [0, 0.05) is 50.8 Å². The van der Waals surface area contributed by atoms with Crippen molar-refractivity contribution in [1.29, 1.82) is 0 Å². The van der Waals surface area contributed by atoms with Crippen LogP contribution in [0.1, 0.15) is 42.9 Å². The topological polar surface area (TPSA) is 135 Å². The summed E-state index contributed by atoms with van der Waals surface area (Å²) >= 11 is 3.61. The van der Waals surface area contributed by atoms with Crippen LogP contribution in [0.5, 0.6) is 0 Å². The second kappa shape index (κ2) is 13.4. The molecule has 50 heavy (non-hydrogen) atoms. The van der Waals surface area contributed by atoms with Gasteiger partial charge in [0.2, 0.25) is 11.8 Å². The van der Waals surface area contributed by atoms with Crippen LogP contribution in [-0.4, -0.2) is 71.1 Å². The summed E-state index contributed by atoms with van der Waals surface area (Å²) in [5, 5.41) is 13.9. The number of aliphatic hydroxyl groups is 1. The van der Waals surface area contributed by atoms with E-state index in [1.807, 2.05) is 92.9 Å². The minimum atomic E-state index is -2.97. The molecule has 0 saturated carbocycles. The summed E-state index contributed by atoms with van der Waals surface area (Å²) < 4.78 is 7.66. The molecule has 3 aliphatic heterocycles. The lowest BCUT2D eigenvalue weighted by molar-refractivity contribution is -0.150. The quantitative estimate of drug-likeness (QED) is 0.159. The van der Waals surface area contributed by atoms with E-state index in [0.717, 1.165) is 39.3 Å². The number of anilines is 2. The maximum absolute atomic E-state index is 14.8. The molecule has 0 radical (unpaired) electrons. The molecule has 0 unspecified atom stereocenters. The number of aromatic nitrogens is 1. The van der Waals surface area contributed by atoms with Crippen molar-refractivity contribution in [3.05, 3.63) is 94.1 Å². The molecule has 2 saturated heterocycles. The van der Waals surface area contributed by atoms with Gasteiger partial charge in [0.25, 0.3) is 5.91 Å². The number of para-hydroxylation sites is 1. The summed E-state index contributed by atoms with van der Waals surface area (Å²) in [6, 6.07) is 20.9. The fourth-order valence-electron chi connectivity index (χ4n) is 8.64. The Morgan fingerprint density at radius 2 is 1.92 bits per heavy atom. The van der Waals surface area contributed by atoms with Crippen molar-refractivity contribution in [3.63, 3.8) is 0 Å². The van der Waals surface area contributed by atoms with Gasteiger partial charge in [-0.3, -0.25) is 14.4 Å². The molecule has 4 N–H and O–H groups in total. The zero-order valence-corrected chi connectivity index (χ0v) is 31.1. The number of rotatable bonds is 9. The number of H-pyrrole nitrogens is 1. The summed E-state index contributed by atoms with van der Waals surface area (Å²) in [5.41, 5.74) is 2.98. The third kappa shape index (κ3) is 6.10. The number of likely N-dealkylation sites (tertiary alicyclic amines) is 1. The van der Waals surface area contributed by atoms with E-state index in [2.05, 4.69) is 26.2 Å². The third-order valence-corrected chi connectivity index (χ3v) is 13.8.